The van der Waals surface area contributed by atoms with E-state index in [1.807, 2.05) is 0 Å². The smallest absolute Gasteiger partial charge is 0.0817 e. The van der Waals surface area contributed by atoms with Gasteiger partial charge >= 0.3 is 0 Å². The van der Waals surface area contributed by atoms with E-state index in [1.54, 1.807) is 11.3 Å². The van der Waals surface area contributed by atoms with Crippen LogP contribution < -0.4 is 0 Å². The monoisotopic (exact) mass is 237 g/mol. The summed E-state index contributed by atoms with van der Waals surface area (Å²) in [6, 6.07) is 2.63. The van der Waals surface area contributed by atoms with Gasteiger partial charge in [0.05, 0.1) is 5.60 Å². The van der Waals surface area contributed by atoms with Crippen molar-refractivity contribution in [3.05, 3.63) is 22.4 Å². The van der Waals surface area contributed by atoms with E-state index < -0.39 is 5.60 Å². The topological polar surface area (TPSA) is 23.5 Å². The van der Waals surface area contributed by atoms with Gasteiger partial charge in [-0.2, -0.15) is 11.3 Å². The van der Waals surface area contributed by atoms with Crippen LogP contribution in [-0.4, -0.2) is 34.7 Å². The standard InChI is InChI=1S/C13H19NOS/c15-13(5-3-11-4-9-16-10-11)6-8-14-7-1-2-12(13)14/h4,9-10,12,15H,1-3,5-8H2. The van der Waals surface area contributed by atoms with Crippen molar-refractivity contribution in [2.24, 2.45) is 0 Å². The molecule has 0 spiro atoms. The minimum Gasteiger partial charge on any atom is -0.388 e. The number of nitrogens with zero attached hydrogens (tertiary/aromatic N) is 1. The third-order valence-electron chi connectivity index (χ3n) is 4.24. The van der Waals surface area contributed by atoms with E-state index in [0.717, 1.165) is 25.8 Å². The van der Waals surface area contributed by atoms with E-state index in [-0.39, 0.29) is 0 Å². The molecule has 2 atom stereocenters. The lowest BCUT2D eigenvalue weighted by Gasteiger charge is -2.29. The molecule has 2 saturated heterocycles. The quantitative estimate of drug-likeness (QED) is 0.872. The molecule has 1 aromatic rings. The molecule has 0 radical (unpaired) electrons. The summed E-state index contributed by atoms with van der Waals surface area (Å²) in [6.45, 7) is 2.30. The van der Waals surface area contributed by atoms with Gasteiger partial charge in [-0.05, 0) is 61.0 Å². The molecule has 2 aliphatic rings. The van der Waals surface area contributed by atoms with Crippen LogP contribution in [0.15, 0.2) is 16.8 Å². The van der Waals surface area contributed by atoms with E-state index in [9.17, 15) is 5.11 Å². The van der Waals surface area contributed by atoms with Crippen LogP contribution in [-0.2, 0) is 6.42 Å². The Morgan fingerprint density at radius 2 is 2.44 bits per heavy atom. The predicted octanol–water partition coefficient (Wildman–Crippen LogP) is 2.28. The molecule has 3 heterocycles. The maximum Gasteiger partial charge on any atom is 0.0817 e. The van der Waals surface area contributed by atoms with Gasteiger partial charge in [0, 0.05) is 12.6 Å². The van der Waals surface area contributed by atoms with Crippen LogP contribution in [0.25, 0.3) is 0 Å². The first-order valence-corrected chi connectivity index (χ1v) is 7.20. The van der Waals surface area contributed by atoms with E-state index in [1.165, 1.54) is 24.9 Å². The number of aryl methyl sites for hydroxylation is 1. The zero-order valence-electron chi connectivity index (χ0n) is 9.56. The molecule has 3 heteroatoms. The molecule has 2 nitrogen and oxygen atoms in total. The van der Waals surface area contributed by atoms with Crippen LogP contribution in [0.5, 0.6) is 0 Å². The molecule has 0 aromatic carbocycles. The third-order valence-corrected chi connectivity index (χ3v) is 4.97. The molecule has 1 N–H and O–H groups in total. The molecular formula is C13H19NOS. The van der Waals surface area contributed by atoms with Gasteiger partial charge in [0.2, 0.25) is 0 Å². The first-order valence-electron chi connectivity index (χ1n) is 6.25. The summed E-state index contributed by atoms with van der Waals surface area (Å²) in [5, 5.41) is 15.0. The first kappa shape index (κ1) is 10.8. The summed E-state index contributed by atoms with van der Waals surface area (Å²) in [5.41, 5.74) is 0.980. The lowest BCUT2D eigenvalue weighted by atomic mass is 9.87. The Balaban J connectivity index is 1.65. The molecule has 2 aliphatic heterocycles. The van der Waals surface area contributed by atoms with E-state index in [2.05, 4.69) is 21.7 Å². The second kappa shape index (κ2) is 4.13. The summed E-state index contributed by atoms with van der Waals surface area (Å²) in [4.78, 5) is 2.48. The number of fused-ring (bicyclic) bond motifs is 1. The normalized spacial score (nSPS) is 34.4. The zero-order valence-corrected chi connectivity index (χ0v) is 10.4. The van der Waals surface area contributed by atoms with Crippen molar-refractivity contribution < 1.29 is 5.11 Å². The highest BCUT2D eigenvalue weighted by Gasteiger charge is 2.47. The summed E-state index contributed by atoms with van der Waals surface area (Å²) in [6.07, 6.45) is 5.41. The van der Waals surface area contributed by atoms with Crippen LogP contribution in [0.1, 0.15) is 31.2 Å². The Kier molecular flexibility index (Phi) is 2.78. The van der Waals surface area contributed by atoms with Crippen LogP contribution in [0.2, 0.25) is 0 Å². The minimum absolute atomic E-state index is 0.404. The van der Waals surface area contributed by atoms with Crippen LogP contribution in [0.3, 0.4) is 0 Å². The van der Waals surface area contributed by atoms with Crippen molar-refractivity contribution in [2.45, 2.75) is 43.7 Å². The Morgan fingerprint density at radius 1 is 1.50 bits per heavy atom. The third kappa shape index (κ3) is 1.81. The molecule has 16 heavy (non-hydrogen) atoms. The number of hydrogen-bond acceptors (Lipinski definition) is 3. The summed E-state index contributed by atoms with van der Waals surface area (Å²) >= 11 is 1.75. The highest BCUT2D eigenvalue weighted by atomic mass is 32.1. The van der Waals surface area contributed by atoms with E-state index in [4.69, 9.17) is 0 Å². The molecule has 2 unspecified atom stereocenters. The number of hydrogen-bond donors (Lipinski definition) is 1. The maximum atomic E-state index is 10.7. The van der Waals surface area contributed by atoms with Gasteiger partial charge in [-0.25, -0.2) is 0 Å². The Bertz CT molecular complexity index is 351. The SMILES string of the molecule is OC1(CCc2ccsc2)CCN2CCCC21. The van der Waals surface area contributed by atoms with Gasteiger partial charge in [-0.15, -0.1) is 0 Å². The van der Waals surface area contributed by atoms with Crippen LogP contribution in [0.4, 0.5) is 0 Å². The molecular weight excluding hydrogens is 218 g/mol. The molecule has 3 rings (SSSR count). The van der Waals surface area contributed by atoms with Crippen molar-refractivity contribution in [3.63, 3.8) is 0 Å². The predicted molar refractivity (Wildman–Crippen MR) is 66.8 cm³/mol. The summed E-state index contributed by atoms with van der Waals surface area (Å²) in [7, 11) is 0. The Hall–Kier alpha value is -0.380. The lowest BCUT2D eigenvalue weighted by Crippen LogP contribution is -2.41. The van der Waals surface area contributed by atoms with Crippen LogP contribution >= 0.6 is 11.3 Å². The highest BCUT2D eigenvalue weighted by Crippen LogP contribution is 2.38. The minimum atomic E-state index is -0.404. The van der Waals surface area contributed by atoms with Crippen molar-refractivity contribution in [3.8, 4) is 0 Å². The first-order chi connectivity index (χ1) is 7.78. The molecule has 0 amide bonds. The second-order valence-corrected chi connectivity index (χ2v) is 5.96. The zero-order chi connectivity index (χ0) is 11.0. The molecule has 0 bridgehead atoms. The molecule has 0 saturated carbocycles. The number of thiophene rings is 1. The highest BCUT2D eigenvalue weighted by molar-refractivity contribution is 7.07. The van der Waals surface area contributed by atoms with Gasteiger partial charge in [0.1, 0.15) is 0 Å². The maximum absolute atomic E-state index is 10.7. The second-order valence-electron chi connectivity index (χ2n) is 5.18. The fourth-order valence-corrected chi connectivity index (χ4v) is 4.00. The number of aliphatic hydroxyl groups is 1. The van der Waals surface area contributed by atoms with Crippen LogP contribution in [0, 0.1) is 0 Å². The van der Waals surface area contributed by atoms with Crippen molar-refractivity contribution in [1.82, 2.24) is 4.90 Å². The molecule has 2 fully saturated rings. The Morgan fingerprint density at radius 3 is 3.25 bits per heavy atom. The summed E-state index contributed by atoms with van der Waals surface area (Å²) < 4.78 is 0. The summed E-state index contributed by atoms with van der Waals surface area (Å²) in [5.74, 6) is 0. The van der Waals surface area contributed by atoms with E-state index >= 15 is 0 Å². The fraction of sp³-hybridized carbons (Fsp3) is 0.692. The average molecular weight is 237 g/mol. The number of rotatable bonds is 3. The average Bonchev–Trinajstić information content (AvgIpc) is 2.96. The fourth-order valence-electron chi connectivity index (χ4n) is 3.29. The van der Waals surface area contributed by atoms with Gasteiger partial charge in [0.15, 0.2) is 0 Å². The van der Waals surface area contributed by atoms with Gasteiger partial charge in [-0.3, -0.25) is 4.90 Å². The van der Waals surface area contributed by atoms with Gasteiger partial charge in [-0.1, -0.05) is 0 Å². The van der Waals surface area contributed by atoms with Gasteiger partial charge in [0.25, 0.3) is 0 Å². The Labute approximate surface area is 101 Å². The van der Waals surface area contributed by atoms with Gasteiger partial charge < -0.3 is 5.11 Å². The van der Waals surface area contributed by atoms with E-state index in [0.29, 0.717) is 6.04 Å². The molecule has 1 aromatic heterocycles. The molecule has 0 aliphatic carbocycles. The molecule has 88 valence electrons. The van der Waals surface area contributed by atoms with Crippen molar-refractivity contribution >= 4 is 11.3 Å². The van der Waals surface area contributed by atoms with Crippen molar-refractivity contribution in [2.75, 3.05) is 13.1 Å². The van der Waals surface area contributed by atoms with Crippen molar-refractivity contribution in [1.29, 1.82) is 0 Å². The largest absolute Gasteiger partial charge is 0.388 e. The lowest BCUT2D eigenvalue weighted by molar-refractivity contribution is 0.00615.